The Morgan fingerprint density at radius 1 is 1.25 bits per heavy atom. The summed E-state index contributed by atoms with van der Waals surface area (Å²) in [6.07, 6.45) is -11.1. The zero-order valence-corrected chi connectivity index (χ0v) is 7.90. The van der Waals surface area contributed by atoms with E-state index in [0.29, 0.717) is 0 Å². The molecule has 0 aliphatic carbocycles. The normalized spacial score (nSPS) is 35.9. The summed E-state index contributed by atoms with van der Waals surface area (Å²) in [6.45, 7) is -0.235. The number of nitrogens with one attached hydrogen (secondary N) is 2. The Balaban J connectivity index is 2.59. The molecular formula is C7H11F3N2O4. The van der Waals surface area contributed by atoms with Gasteiger partial charge in [0.25, 0.3) is 0 Å². The fourth-order valence-corrected chi connectivity index (χ4v) is 1.27. The lowest BCUT2D eigenvalue weighted by atomic mass is 10.0. The lowest BCUT2D eigenvalue weighted by molar-refractivity contribution is -0.177. The second-order valence-corrected chi connectivity index (χ2v) is 3.41. The number of hydrogen-bond donors (Lipinski definition) is 5. The molecule has 1 aliphatic heterocycles. The van der Waals surface area contributed by atoms with Crippen molar-refractivity contribution in [2.24, 2.45) is 0 Å². The molecule has 0 unspecified atom stereocenters. The fourth-order valence-electron chi connectivity index (χ4n) is 1.27. The predicted octanol–water partition coefficient (Wildman–Crippen LogP) is -2.32. The van der Waals surface area contributed by atoms with Gasteiger partial charge in [0.1, 0.15) is 18.4 Å². The minimum atomic E-state index is -5.07. The number of amides is 1. The number of carbonyl (C=O) groups excluding carboxylic acids is 1. The van der Waals surface area contributed by atoms with Gasteiger partial charge in [-0.15, -0.1) is 0 Å². The molecule has 0 aromatic heterocycles. The molecule has 6 nitrogen and oxygen atoms in total. The summed E-state index contributed by atoms with van der Waals surface area (Å²) in [4.78, 5) is 10.5. The lowest BCUT2D eigenvalue weighted by Crippen LogP contribution is -2.66. The van der Waals surface area contributed by atoms with Crippen LogP contribution in [0.3, 0.4) is 0 Å². The molecule has 5 N–H and O–H groups in total. The number of hydrogen-bond acceptors (Lipinski definition) is 5. The first kappa shape index (κ1) is 13.2. The van der Waals surface area contributed by atoms with Crippen LogP contribution in [-0.2, 0) is 4.79 Å². The third-order valence-corrected chi connectivity index (χ3v) is 2.18. The van der Waals surface area contributed by atoms with Crippen LogP contribution in [0.5, 0.6) is 0 Å². The van der Waals surface area contributed by atoms with Crippen LogP contribution in [0.1, 0.15) is 0 Å². The van der Waals surface area contributed by atoms with E-state index in [9.17, 15) is 23.1 Å². The van der Waals surface area contributed by atoms with Gasteiger partial charge in [-0.2, -0.15) is 13.2 Å². The van der Waals surface area contributed by atoms with Crippen molar-refractivity contribution < 1.29 is 33.3 Å². The summed E-state index contributed by atoms with van der Waals surface area (Å²) in [7, 11) is 0. The van der Waals surface area contributed by atoms with Crippen molar-refractivity contribution in [2.45, 2.75) is 30.7 Å². The first-order valence-corrected chi connectivity index (χ1v) is 4.38. The first-order valence-electron chi connectivity index (χ1n) is 4.38. The summed E-state index contributed by atoms with van der Waals surface area (Å²) >= 11 is 0. The van der Waals surface area contributed by atoms with E-state index < -0.39 is 36.6 Å². The van der Waals surface area contributed by atoms with Crippen molar-refractivity contribution in [3.63, 3.8) is 0 Å². The van der Waals surface area contributed by atoms with Crippen LogP contribution in [0.15, 0.2) is 0 Å². The molecule has 1 aliphatic rings. The van der Waals surface area contributed by atoms with Crippen LogP contribution in [0.25, 0.3) is 0 Å². The van der Waals surface area contributed by atoms with Crippen LogP contribution < -0.4 is 10.6 Å². The summed E-state index contributed by atoms with van der Waals surface area (Å²) < 4.78 is 35.6. The van der Waals surface area contributed by atoms with Crippen molar-refractivity contribution in [1.29, 1.82) is 0 Å². The van der Waals surface area contributed by atoms with Gasteiger partial charge in [0, 0.05) is 6.54 Å². The van der Waals surface area contributed by atoms with Gasteiger partial charge < -0.3 is 20.6 Å². The summed E-state index contributed by atoms with van der Waals surface area (Å²) in [6, 6.07) is 0. The van der Waals surface area contributed by atoms with E-state index in [1.54, 1.807) is 0 Å². The lowest BCUT2D eigenvalue weighted by Gasteiger charge is -2.36. The van der Waals surface area contributed by atoms with Gasteiger partial charge in [0.2, 0.25) is 0 Å². The first-order chi connectivity index (χ1) is 7.23. The van der Waals surface area contributed by atoms with Gasteiger partial charge in [-0.25, -0.2) is 0 Å². The van der Waals surface area contributed by atoms with Crippen molar-refractivity contribution >= 4 is 5.91 Å². The number of alkyl halides is 3. The van der Waals surface area contributed by atoms with Crippen molar-refractivity contribution in [3.8, 4) is 0 Å². The maximum Gasteiger partial charge on any atom is 0.471 e. The maximum absolute atomic E-state index is 11.9. The number of piperidine rings is 1. The minimum Gasteiger partial charge on any atom is -0.389 e. The van der Waals surface area contributed by atoms with E-state index in [0.717, 1.165) is 0 Å². The van der Waals surface area contributed by atoms with Crippen LogP contribution in [-0.4, -0.2) is 58.4 Å². The Morgan fingerprint density at radius 2 is 1.81 bits per heavy atom. The summed E-state index contributed by atoms with van der Waals surface area (Å²) in [5, 5.41) is 31.2. The molecule has 16 heavy (non-hydrogen) atoms. The van der Waals surface area contributed by atoms with Crippen LogP contribution in [0.2, 0.25) is 0 Å². The van der Waals surface area contributed by atoms with Crippen LogP contribution in [0.4, 0.5) is 13.2 Å². The average molecular weight is 244 g/mol. The molecule has 1 rings (SSSR count). The molecule has 1 fully saturated rings. The highest BCUT2D eigenvalue weighted by atomic mass is 19.4. The van der Waals surface area contributed by atoms with Crippen LogP contribution in [0, 0.1) is 0 Å². The quantitative estimate of drug-likeness (QED) is 0.356. The monoisotopic (exact) mass is 244 g/mol. The second-order valence-electron chi connectivity index (χ2n) is 3.41. The number of β-amino-alcohol motifs (C(OH)–C–C–N with tert-alkyl or cyclic N) is 1. The zero-order chi connectivity index (χ0) is 12.5. The van der Waals surface area contributed by atoms with E-state index in [4.69, 9.17) is 10.2 Å². The molecule has 9 heteroatoms. The third kappa shape index (κ3) is 2.82. The SMILES string of the molecule is O=C(N[C@H]1NC[C@H](O)[C@H](O)[C@@H]1O)C(F)(F)F. The standard InChI is InChI=1S/C7H11F3N2O4/c8-7(9,10)6(16)12-5-4(15)3(14)2(13)1-11-5/h2-5,11,13-15H,1H2,(H,12,16)/t2-,3-,4-,5+/m0/s1. The molecule has 1 amide bonds. The highest BCUT2D eigenvalue weighted by Gasteiger charge is 2.43. The smallest absolute Gasteiger partial charge is 0.389 e. The van der Waals surface area contributed by atoms with Crippen molar-refractivity contribution in [2.75, 3.05) is 6.54 Å². The molecule has 0 radical (unpaired) electrons. The fraction of sp³-hybridized carbons (Fsp3) is 0.857. The Labute approximate surface area is 88.1 Å². The second kappa shape index (κ2) is 4.53. The maximum atomic E-state index is 11.9. The molecular weight excluding hydrogens is 233 g/mol. The van der Waals surface area contributed by atoms with E-state index >= 15 is 0 Å². The zero-order valence-electron chi connectivity index (χ0n) is 7.90. The third-order valence-electron chi connectivity index (χ3n) is 2.18. The van der Waals surface area contributed by atoms with E-state index in [1.807, 2.05) is 0 Å². The molecule has 94 valence electrons. The highest BCUT2D eigenvalue weighted by molar-refractivity contribution is 5.81. The predicted molar refractivity (Wildman–Crippen MR) is 44.0 cm³/mol. The van der Waals surface area contributed by atoms with E-state index in [2.05, 4.69) is 5.32 Å². The van der Waals surface area contributed by atoms with Crippen molar-refractivity contribution in [3.05, 3.63) is 0 Å². The summed E-state index contributed by atoms with van der Waals surface area (Å²) in [5.74, 6) is -2.23. The van der Waals surface area contributed by atoms with E-state index in [1.165, 1.54) is 5.32 Å². The Kier molecular flexibility index (Phi) is 3.73. The number of rotatable bonds is 1. The van der Waals surface area contributed by atoms with Gasteiger partial charge in [0.15, 0.2) is 0 Å². The molecule has 0 bridgehead atoms. The number of carbonyl (C=O) groups is 1. The molecule has 1 heterocycles. The Morgan fingerprint density at radius 3 is 2.31 bits per heavy atom. The van der Waals surface area contributed by atoms with Gasteiger partial charge >= 0.3 is 12.1 Å². The van der Waals surface area contributed by atoms with Gasteiger partial charge in [-0.3, -0.25) is 10.1 Å². The largest absolute Gasteiger partial charge is 0.471 e. The molecule has 0 aromatic rings. The summed E-state index contributed by atoms with van der Waals surface area (Å²) in [5.41, 5.74) is 0. The Bertz CT molecular complexity index is 273. The molecule has 0 aromatic carbocycles. The number of halogens is 3. The molecule has 1 saturated heterocycles. The number of aliphatic hydroxyl groups excluding tert-OH is 3. The van der Waals surface area contributed by atoms with Gasteiger partial charge in [-0.1, -0.05) is 0 Å². The molecule has 0 saturated carbocycles. The molecule has 4 atom stereocenters. The van der Waals surface area contributed by atoms with Gasteiger partial charge in [-0.05, 0) is 0 Å². The minimum absolute atomic E-state index is 0.235. The van der Waals surface area contributed by atoms with E-state index in [-0.39, 0.29) is 6.54 Å². The highest BCUT2D eigenvalue weighted by Crippen LogP contribution is 2.16. The molecule has 0 spiro atoms. The van der Waals surface area contributed by atoms with Crippen molar-refractivity contribution in [1.82, 2.24) is 10.6 Å². The topological polar surface area (TPSA) is 102 Å². The average Bonchev–Trinajstić information content (AvgIpc) is 2.17. The van der Waals surface area contributed by atoms with Gasteiger partial charge in [0.05, 0.1) is 6.10 Å². The van der Waals surface area contributed by atoms with Crippen LogP contribution >= 0.6 is 0 Å². The Hall–Kier alpha value is -0.900. The number of aliphatic hydroxyl groups is 3.